The molecule has 1 atom stereocenters. The molecule has 0 bridgehead atoms. The predicted molar refractivity (Wildman–Crippen MR) is 76.8 cm³/mol. The number of carbonyl (C=O) groups is 2. The van der Waals surface area contributed by atoms with E-state index in [9.17, 15) is 14.7 Å². The molecule has 0 aliphatic heterocycles. The fraction of sp³-hybridized carbons (Fsp3) is 0.286. The van der Waals surface area contributed by atoms with Crippen molar-refractivity contribution in [1.29, 1.82) is 0 Å². The molecule has 1 heterocycles. The zero-order chi connectivity index (χ0) is 16.7. The first-order chi connectivity index (χ1) is 11.1. The van der Waals surface area contributed by atoms with E-state index in [0.717, 1.165) is 5.56 Å². The van der Waals surface area contributed by atoms with Crippen LogP contribution < -0.4 is 16.4 Å². The van der Waals surface area contributed by atoms with E-state index in [1.807, 2.05) is 0 Å². The Morgan fingerprint density at radius 1 is 1.43 bits per heavy atom. The maximum absolute atomic E-state index is 11.8. The predicted octanol–water partition coefficient (Wildman–Crippen LogP) is -0.376. The van der Waals surface area contributed by atoms with E-state index in [1.165, 1.54) is 0 Å². The van der Waals surface area contributed by atoms with Crippen LogP contribution in [-0.4, -0.2) is 33.3 Å². The van der Waals surface area contributed by atoms with Crippen molar-refractivity contribution in [2.24, 2.45) is 5.73 Å². The van der Waals surface area contributed by atoms with Crippen LogP contribution in [0.5, 0.6) is 0 Å². The van der Waals surface area contributed by atoms with Crippen molar-refractivity contribution < 1.29 is 19.2 Å². The second-order valence-corrected chi connectivity index (χ2v) is 4.57. The first kappa shape index (κ1) is 16.3. The van der Waals surface area contributed by atoms with Crippen molar-refractivity contribution in [1.82, 2.24) is 20.8 Å². The number of nitrogens with two attached hydrogens (primary N) is 1. The minimum atomic E-state index is -1.14. The maximum atomic E-state index is 11.8. The van der Waals surface area contributed by atoms with E-state index in [-0.39, 0.29) is 25.4 Å². The normalized spacial score (nSPS) is 11.3. The highest BCUT2D eigenvalue weighted by Crippen LogP contribution is 2.02. The number of aromatic nitrogens is 2. The molecule has 0 spiro atoms. The van der Waals surface area contributed by atoms with Gasteiger partial charge >= 0.3 is 12.0 Å². The van der Waals surface area contributed by atoms with Gasteiger partial charge in [0.05, 0.1) is 13.1 Å². The van der Waals surface area contributed by atoms with Gasteiger partial charge in [-0.1, -0.05) is 17.3 Å². The summed E-state index contributed by atoms with van der Waals surface area (Å²) in [6.07, 6.45) is 0.131. The molecule has 0 unspecified atom stereocenters. The van der Waals surface area contributed by atoms with E-state index < -0.39 is 18.0 Å². The van der Waals surface area contributed by atoms with Crippen molar-refractivity contribution in [3.63, 3.8) is 0 Å². The number of nitrogens with one attached hydrogen (secondary N) is 2. The van der Waals surface area contributed by atoms with Gasteiger partial charge in [-0.05, 0) is 23.8 Å². The summed E-state index contributed by atoms with van der Waals surface area (Å²) in [4.78, 5) is 26.9. The van der Waals surface area contributed by atoms with Gasteiger partial charge in [0.25, 0.3) is 0 Å². The Kier molecular flexibility index (Phi) is 5.49. The quantitative estimate of drug-likeness (QED) is 0.545. The molecule has 9 heteroatoms. The zero-order valence-corrected chi connectivity index (χ0v) is 12.1. The van der Waals surface area contributed by atoms with E-state index in [2.05, 4.69) is 32.9 Å². The number of amides is 2. The highest BCUT2D eigenvalue weighted by Gasteiger charge is 2.20. The summed E-state index contributed by atoms with van der Waals surface area (Å²) < 4.78 is 4.85. The molecular formula is C14H15N5O4. The summed E-state index contributed by atoms with van der Waals surface area (Å²) in [7, 11) is 0. The topological polar surface area (TPSA) is 143 Å². The number of carboxylic acids is 1. The summed E-state index contributed by atoms with van der Waals surface area (Å²) >= 11 is 0. The molecule has 1 aromatic heterocycles. The fourth-order valence-electron chi connectivity index (χ4n) is 1.75. The van der Waals surface area contributed by atoms with Gasteiger partial charge in [-0.3, -0.25) is 0 Å². The van der Waals surface area contributed by atoms with Gasteiger partial charge in [-0.25, -0.2) is 9.59 Å². The summed E-state index contributed by atoms with van der Waals surface area (Å²) in [5, 5.41) is 17.6. The van der Waals surface area contributed by atoms with Crippen molar-refractivity contribution in [3.05, 3.63) is 47.6 Å². The van der Waals surface area contributed by atoms with Gasteiger partial charge in [-0.2, -0.15) is 4.98 Å². The van der Waals surface area contributed by atoms with Crippen LogP contribution in [0.3, 0.4) is 0 Å². The number of carboxylic acid groups (broad SMARTS) is 1. The second-order valence-electron chi connectivity index (χ2n) is 4.57. The Morgan fingerprint density at radius 2 is 2.26 bits per heavy atom. The number of urea groups is 1. The average Bonchev–Trinajstić information content (AvgIpc) is 3.01. The van der Waals surface area contributed by atoms with E-state index in [4.69, 9.17) is 10.3 Å². The molecule has 23 heavy (non-hydrogen) atoms. The Labute approximate surface area is 131 Å². The lowest BCUT2D eigenvalue weighted by Gasteiger charge is -2.14. The Morgan fingerprint density at radius 3 is 2.87 bits per heavy atom. The molecule has 5 N–H and O–H groups in total. The van der Waals surface area contributed by atoms with Crippen LogP contribution in [0.15, 0.2) is 22.7 Å². The number of aliphatic carboxylic acids is 1. The van der Waals surface area contributed by atoms with Gasteiger partial charge < -0.3 is 26.0 Å². The molecule has 0 aliphatic rings. The largest absolute Gasteiger partial charge is 0.480 e. The highest BCUT2D eigenvalue weighted by molar-refractivity contribution is 5.82. The molecule has 0 saturated carbocycles. The van der Waals surface area contributed by atoms with E-state index in [1.54, 1.807) is 18.2 Å². The number of nitrogens with zero attached hydrogens (tertiary/aromatic N) is 2. The molecule has 9 nitrogen and oxygen atoms in total. The van der Waals surface area contributed by atoms with E-state index >= 15 is 0 Å². The molecule has 2 aromatic rings. The van der Waals surface area contributed by atoms with Gasteiger partial charge in [-0.15, -0.1) is 0 Å². The minimum Gasteiger partial charge on any atom is -0.480 e. The van der Waals surface area contributed by atoms with Gasteiger partial charge in [0.1, 0.15) is 6.04 Å². The lowest BCUT2D eigenvalue weighted by Crippen LogP contribution is -2.46. The van der Waals surface area contributed by atoms with Crippen LogP contribution in [0.25, 0.3) is 0 Å². The van der Waals surface area contributed by atoms with Crippen LogP contribution in [0.1, 0.15) is 17.3 Å². The second kappa shape index (κ2) is 7.77. The zero-order valence-electron chi connectivity index (χ0n) is 12.1. The van der Waals surface area contributed by atoms with Gasteiger partial charge in [0.2, 0.25) is 5.89 Å². The van der Waals surface area contributed by atoms with Crippen molar-refractivity contribution in [2.75, 3.05) is 0 Å². The molecule has 120 valence electrons. The monoisotopic (exact) mass is 317 g/mol. The number of hydrogen-bond donors (Lipinski definition) is 4. The first-order valence-electron chi connectivity index (χ1n) is 6.74. The molecule has 0 aliphatic carbocycles. The standard InChI is InChI=1S/C14H15N5O4/c15-7-11-18-12(23-19-11)8-16-14(22)17-10(13(20)21)6-9-4-2-1-3-5-9/h2,4-5,10H,6-8,15H2,(H,20,21)(H2,16,17,22)/t10-/m0/s1. The number of rotatable bonds is 7. The van der Waals surface area contributed by atoms with Crippen molar-refractivity contribution in [3.8, 4) is 0 Å². The van der Waals surface area contributed by atoms with Gasteiger partial charge in [0.15, 0.2) is 5.82 Å². The summed E-state index contributed by atoms with van der Waals surface area (Å²) in [5.41, 5.74) is 6.06. The first-order valence-corrected chi connectivity index (χ1v) is 6.74. The molecule has 0 saturated heterocycles. The van der Waals surface area contributed by atoms with Crippen LogP contribution >= 0.6 is 0 Å². The minimum absolute atomic E-state index is 0.0285. The molecule has 0 radical (unpaired) electrons. The third-order valence-corrected chi connectivity index (χ3v) is 2.86. The number of carbonyl (C=O) groups excluding carboxylic acids is 1. The van der Waals surface area contributed by atoms with Crippen LogP contribution in [0.2, 0.25) is 0 Å². The number of hydrogen-bond acceptors (Lipinski definition) is 6. The maximum Gasteiger partial charge on any atom is 0.326 e. The van der Waals surface area contributed by atoms with Crippen molar-refractivity contribution >= 4 is 12.0 Å². The third-order valence-electron chi connectivity index (χ3n) is 2.86. The van der Waals surface area contributed by atoms with Crippen molar-refractivity contribution in [2.45, 2.75) is 25.6 Å². The Balaban J connectivity index is 1.86. The molecule has 2 rings (SSSR count). The lowest BCUT2D eigenvalue weighted by atomic mass is 10.1. The SMILES string of the molecule is NCc1noc(CNC(=O)N[C@@H](Cc2cc#ccc2)C(=O)O)n1. The fourth-order valence-corrected chi connectivity index (χ4v) is 1.75. The van der Waals surface area contributed by atoms with Crippen LogP contribution in [-0.2, 0) is 24.3 Å². The Hall–Kier alpha value is -3.12. The molecular weight excluding hydrogens is 302 g/mol. The lowest BCUT2D eigenvalue weighted by molar-refractivity contribution is -0.139. The molecule has 2 amide bonds. The highest BCUT2D eigenvalue weighted by atomic mass is 16.5. The molecule has 0 fully saturated rings. The smallest absolute Gasteiger partial charge is 0.326 e. The summed E-state index contributed by atoms with van der Waals surface area (Å²) in [6.45, 7) is 0.0988. The molecule has 1 aromatic carbocycles. The third kappa shape index (κ3) is 4.98. The average molecular weight is 317 g/mol. The van der Waals surface area contributed by atoms with Crippen LogP contribution in [0.4, 0.5) is 4.79 Å². The van der Waals surface area contributed by atoms with Crippen LogP contribution in [0, 0.1) is 12.1 Å². The summed E-state index contributed by atoms with van der Waals surface area (Å²) in [6, 6.07) is 8.66. The Bertz CT molecular complexity index is 658. The van der Waals surface area contributed by atoms with Gasteiger partial charge in [0, 0.05) is 6.42 Å². The van der Waals surface area contributed by atoms with E-state index in [0.29, 0.717) is 5.82 Å². The summed E-state index contributed by atoms with van der Waals surface area (Å²) in [5.74, 6) is -0.639.